The molecule has 5 nitrogen and oxygen atoms in total. The Morgan fingerprint density at radius 1 is 1.25 bits per heavy atom. The van der Waals surface area contributed by atoms with Crippen molar-refractivity contribution in [2.45, 2.75) is 20.4 Å². The van der Waals surface area contributed by atoms with Gasteiger partial charge in [-0.05, 0) is 31.5 Å². The highest BCUT2D eigenvalue weighted by Gasteiger charge is 2.10. The van der Waals surface area contributed by atoms with Crippen molar-refractivity contribution in [3.63, 3.8) is 0 Å². The summed E-state index contributed by atoms with van der Waals surface area (Å²) in [6, 6.07) is 9.29. The molecule has 0 fully saturated rings. The maximum Gasteiger partial charge on any atom is 0.157 e. The van der Waals surface area contributed by atoms with E-state index in [1.807, 2.05) is 32.0 Å². The van der Waals surface area contributed by atoms with Crippen LogP contribution in [0, 0.1) is 13.8 Å². The number of phenols is 1. The largest absolute Gasteiger partial charge is 0.508 e. The number of nitrogens with zero attached hydrogens (tertiary/aromatic N) is 2. The molecule has 0 saturated heterocycles. The Kier molecular flexibility index (Phi) is 3.02. The smallest absolute Gasteiger partial charge is 0.157 e. The van der Waals surface area contributed by atoms with Crippen LogP contribution in [0.2, 0.25) is 0 Å². The zero-order valence-corrected chi connectivity index (χ0v) is 11.4. The van der Waals surface area contributed by atoms with Crippen LogP contribution in [0.15, 0.2) is 30.3 Å². The van der Waals surface area contributed by atoms with Crippen molar-refractivity contribution in [1.29, 1.82) is 0 Å². The van der Waals surface area contributed by atoms with E-state index in [4.69, 9.17) is 0 Å². The van der Waals surface area contributed by atoms with Gasteiger partial charge in [0.05, 0.1) is 5.39 Å². The molecule has 0 aliphatic carbocycles. The van der Waals surface area contributed by atoms with Crippen molar-refractivity contribution in [3.05, 3.63) is 47.2 Å². The Hall–Kier alpha value is -2.56. The van der Waals surface area contributed by atoms with Crippen molar-refractivity contribution in [1.82, 2.24) is 15.2 Å². The molecular weight excluding hydrogens is 252 g/mol. The molecule has 0 spiro atoms. The van der Waals surface area contributed by atoms with Gasteiger partial charge in [0.25, 0.3) is 0 Å². The number of para-hydroxylation sites is 1. The predicted octanol–water partition coefficient (Wildman–Crippen LogP) is 2.89. The number of nitrogens with one attached hydrogen (secondary N) is 2. The SMILES string of the molecule is Cc1cc(C)c2c(NCc3ccccc3O)n[nH]c2n1. The number of benzene rings is 1. The van der Waals surface area contributed by atoms with E-state index in [2.05, 4.69) is 20.5 Å². The molecule has 0 unspecified atom stereocenters. The lowest BCUT2D eigenvalue weighted by molar-refractivity contribution is 0.469. The number of pyridine rings is 1. The number of phenolic OH excluding ortho intramolecular Hbond substituents is 1. The van der Waals surface area contributed by atoms with Gasteiger partial charge in [-0.25, -0.2) is 4.98 Å². The van der Waals surface area contributed by atoms with Gasteiger partial charge in [0.15, 0.2) is 11.5 Å². The Labute approximate surface area is 116 Å². The van der Waals surface area contributed by atoms with Crippen LogP contribution in [-0.4, -0.2) is 20.3 Å². The molecule has 0 amide bonds. The number of H-pyrrole nitrogens is 1. The highest BCUT2D eigenvalue weighted by molar-refractivity contribution is 5.90. The van der Waals surface area contributed by atoms with Gasteiger partial charge < -0.3 is 10.4 Å². The molecule has 0 bridgehead atoms. The summed E-state index contributed by atoms with van der Waals surface area (Å²) in [7, 11) is 0. The number of fused-ring (bicyclic) bond motifs is 1. The molecule has 0 radical (unpaired) electrons. The number of aromatic amines is 1. The van der Waals surface area contributed by atoms with Gasteiger partial charge in [-0.3, -0.25) is 5.10 Å². The minimum Gasteiger partial charge on any atom is -0.508 e. The Morgan fingerprint density at radius 2 is 2.05 bits per heavy atom. The van der Waals surface area contributed by atoms with Gasteiger partial charge >= 0.3 is 0 Å². The first-order chi connectivity index (χ1) is 9.65. The molecule has 3 aromatic rings. The van der Waals surface area contributed by atoms with Crippen LogP contribution in [0.3, 0.4) is 0 Å². The molecule has 3 rings (SSSR count). The number of rotatable bonds is 3. The average molecular weight is 268 g/mol. The molecule has 2 aromatic heterocycles. The zero-order chi connectivity index (χ0) is 14.1. The van der Waals surface area contributed by atoms with Gasteiger partial charge in [-0.2, -0.15) is 5.10 Å². The third-order valence-electron chi connectivity index (χ3n) is 3.29. The third kappa shape index (κ3) is 2.18. The number of anilines is 1. The molecule has 1 aromatic carbocycles. The van der Waals surface area contributed by atoms with Crippen molar-refractivity contribution in [2.75, 3.05) is 5.32 Å². The highest BCUT2D eigenvalue weighted by atomic mass is 16.3. The van der Waals surface area contributed by atoms with Crippen LogP contribution in [0.1, 0.15) is 16.8 Å². The number of aromatic hydroxyl groups is 1. The van der Waals surface area contributed by atoms with Crippen molar-refractivity contribution < 1.29 is 5.11 Å². The van der Waals surface area contributed by atoms with E-state index in [1.54, 1.807) is 12.1 Å². The van der Waals surface area contributed by atoms with E-state index < -0.39 is 0 Å². The van der Waals surface area contributed by atoms with E-state index in [0.29, 0.717) is 6.54 Å². The van der Waals surface area contributed by atoms with Gasteiger partial charge in [-0.15, -0.1) is 0 Å². The van der Waals surface area contributed by atoms with Crippen molar-refractivity contribution in [3.8, 4) is 5.75 Å². The van der Waals surface area contributed by atoms with Crippen LogP contribution in [0.4, 0.5) is 5.82 Å². The summed E-state index contributed by atoms with van der Waals surface area (Å²) < 4.78 is 0. The van der Waals surface area contributed by atoms with Crippen LogP contribution >= 0.6 is 0 Å². The van der Waals surface area contributed by atoms with E-state index in [0.717, 1.165) is 33.7 Å². The number of hydrogen-bond acceptors (Lipinski definition) is 4. The van der Waals surface area contributed by atoms with Gasteiger partial charge in [0.1, 0.15) is 5.75 Å². The predicted molar refractivity (Wildman–Crippen MR) is 78.8 cm³/mol. The molecule has 20 heavy (non-hydrogen) atoms. The molecule has 0 atom stereocenters. The van der Waals surface area contributed by atoms with Crippen LogP contribution < -0.4 is 5.32 Å². The summed E-state index contributed by atoms with van der Waals surface area (Å²) in [5, 5.41) is 21.2. The standard InChI is InChI=1S/C15H16N4O/c1-9-7-10(2)17-15-13(9)14(18-19-15)16-8-11-5-3-4-6-12(11)20/h3-7,20H,8H2,1-2H3,(H2,16,17,18,19). The molecule has 102 valence electrons. The molecule has 0 saturated carbocycles. The minimum absolute atomic E-state index is 0.283. The minimum atomic E-state index is 0.283. The molecular formula is C15H16N4O. The lowest BCUT2D eigenvalue weighted by Crippen LogP contribution is -2.00. The second-order valence-electron chi connectivity index (χ2n) is 4.86. The van der Waals surface area contributed by atoms with Crippen LogP contribution in [0.5, 0.6) is 5.75 Å². The molecule has 5 heteroatoms. The monoisotopic (exact) mass is 268 g/mol. The topological polar surface area (TPSA) is 73.8 Å². The third-order valence-corrected chi connectivity index (χ3v) is 3.29. The van der Waals surface area contributed by atoms with E-state index in [-0.39, 0.29) is 5.75 Å². The Balaban J connectivity index is 1.90. The second-order valence-corrected chi connectivity index (χ2v) is 4.86. The quantitative estimate of drug-likeness (QED) is 0.683. The normalized spacial score (nSPS) is 10.9. The summed E-state index contributed by atoms with van der Waals surface area (Å²) in [4.78, 5) is 4.42. The zero-order valence-electron chi connectivity index (χ0n) is 11.4. The van der Waals surface area contributed by atoms with Crippen molar-refractivity contribution >= 4 is 16.9 Å². The average Bonchev–Trinajstić information content (AvgIpc) is 2.81. The molecule has 2 heterocycles. The van der Waals surface area contributed by atoms with Crippen molar-refractivity contribution in [2.24, 2.45) is 0 Å². The highest BCUT2D eigenvalue weighted by Crippen LogP contribution is 2.25. The first-order valence-electron chi connectivity index (χ1n) is 6.48. The van der Waals surface area contributed by atoms with Gasteiger partial charge in [-0.1, -0.05) is 18.2 Å². The number of hydrogen-bond donors (Lipinski definition) is 3. The Morgan fingerprint density at radius 3 is 2.85 bits per heavy atom. The first-order valence-corrected chi connectivity index (χ1v) is 6.48. The fourth-order valence-electron chi connectivity index (χ4n) is 2.35. The molecule has 3 N–H and O–H groups in total. The van der Waals surface area contributed by atoms with E-state index in [1.165, 1.54) is 0 Å². The van der Waals surface area contributed by atoms with Crippen LogP contribution in [-0.2, 0) is 6.54 Å². The number of aromatic nitrogens is 3. The lowest BCUT2D eigenvalue weighted by Gasteiger charge is -2.06. The first kappa shape index (κ1) is 12.5. The maximum atomic E-state index is 9.76. The number of aryl methyl sites for hydroxylation is 2. The summed E-state index contributed by atoms with van der Waals surface area (Å²) >= 11 is 0. The molecule has 0 aliphatic heterocycles. The van der Waals surface area contributed by atoms with E-state index >= 15 is 0 Å². The van der Waals surface area contributed by atoms with Crippen LogP contribution in [0.25, 0.3) is 11.0 Å². The Bertz CT molecular complexity index is 764. The van der Waals surface area contributed by atoms with E-state index in [9.17, 15) is 5.11 Å². The molecule has 0 aliphatic rings. The second kappa shape index (κ2) is 4.85. The summed E-state index contributed by atoms with van der Waals surface area (Å²) in [5.41, 5.74) is 3.70. The lowest BCUT2D eigenvalue weighted by atomic mass is 10.1. The summed E-state index contributed by atoms with van der Waals surface area (Å²) in [6.07, 6.45) is 0. The maximum absolute atomic E-state index is 9.76. The summed E-state index contributed by atoms with van der Waals surface area (Å²) in [6.45, 7) is 4.51. The van der Waals surface area contributed by atoms with Gasteiger partial charge in [0, 0.05) is 17.8 Å². The fourth-order valence-corrected chi connectivity index (χ4v) is 2.35. The summed E-state index contributed by atoms with van der Waals surface area (Å²) in [5.74, 6) is 1.04. The van der Waals surface area contributed by atoms with Gasteiger partial charge in [0.2, 0.25) is 0 Å². The fraction of sp³-hybridized carbons (Fsp3) is 0.200.